The largest absolute Gasteiger partial charge is 0.465 e. The number of urea groups is 1. The van der Waals surface area contributed by atoms with Crippen LogP contribution in [0.15, 0.2) is 54.6 Å². The number of hydrogen-bond donors (Lipinski definition) is 1. The molecular formula is C26H28FN5O4. The lowest BCUT2D eigenvalue weighted by Crippen LogP contribution is -2.45. The Bertz CT molecular complexity index is 1240. The quantitative estimate of drug-likeness (QED) is 0.511. The van der Waals surface area contributed by atoms with Crippen LogP contribution in [0.5, 0.6) is 0 Å². The summed E-state index contributed by atoms with van der Waals surface area (Å²) < 4.78 is 20.1. The molecule has 4 rings (SSSR count). The monoisotopic (exact) mass is 493 g/mol. The van der Waals surface area contributed by atoms with Crippen LogP contribution < -0.4 is 10.2 Å². The number of amides is 3. The number of esters is 1. The molecule has 188 valence electrons. The van der Waals surface area contributed by atoms with E-state index in [0.29, 0.717) is 36.5 Å². The van der Waals surface area contributed by atoms with Gasteiger partial charge in [0, 0.05) is 42.5 Å². The molecular weight excluding hydrogens is 465 g/mol. The zero-order chi connectivity index (χ0) is 25.7. The molecule has 0 bridgehead atoms. The highest BCUT2D eigenvalue weighted by molar-refractivity contribution is 6.06. The van der Waals surface area contributed by atoms with Gasteiger partial charge in [-0.05, 0) is 43.3 Å². The molecule has 0 spiro atoms. The van der Waals surface area contributed by atoms with Gasteiger partial charge in [0.1, 0.15) is 12.4 Å². The van der Waals surface area contributed by atoms with E-state index in [1.54, 1.807) is 21.4 Å². The standard InChI is InChI=1S/C26H28FN5O4/c1-3-36-24(33)15-28-26(35)31-14-13-23-21(16-31)22(29-30(23)2)17-32(20-7-5-4-6-8-20)25(34)18-9-11-19(27)12-10-18/h4-12H,3,13-17H2,1-2H3,(H,28,35). The highest BCUT2D eigenvalue weighted by Gasteiger charge is 2.29. The Kier molecular flexibility index (Phi) is 7.62. The summed E-state index contributed by atoms with van der Waals surface area (Å²) in [4.78, 5) is 41.0. The van der Waals surface area contributed by atoms with E-state index >= 15 is 0 Å². The molecule has 1 aromatic heterocycles. The van der Waals surface area contributed by atoms with Gasteiger partial charge in [0.15, 0.2) is 0 Å². The summed E-state index contributed by atoms with van der Waals surface area (Å²) in [5, 5.41) is 7.27. The third-order valence-electron chi connectivity index (χ3n) is 6.01. The van der Waals surface area contributed by atoms with E-state index in [-0.39, 0.29) is 31.6 Å². The van der Waals surface area contributed by atoms with Crippen LogP contribution in [0.2, 0.25) is 0 Å². The maximum atomic E-state index is 13.5. The summed E-state index contributed by atoms with van der Waals surface area (Å²) in [5.74, 6) is -1.21. The second kappa shape index (κ2) is 11.0. The van der Waals surface area contributed by atoms with E-state index in [1.807, 2.05) is 37.4 Å². The molecule has 9 nitrogen and oxygen atoms in total. The Morgan fingerprint density at radius 1 is 1.11 bits per heavy atom. The van der Waals surface area contributed by atoms with Crippen LogP contribution >= 0.6 is 0 Å². The summed E-state index contributed by atoms with van der Waals surface area (Å²) >= 11 is 0. The van der Waals surface area contributed by atoms with Crippen LogP contribution in [0.25, 0.3) is 0 Å². The highest BCUT2D eigenvalue weighted by Crippen LogP contribution is 2.26. The number of ether oxygens (including phenoxy) is 1. The first-order valence-electron chi connectivity index (χ1n) is 11.7. The number of nitrogens with zero attached hydrogens (tertiary/aromatic N) is 4. The van der Waals surface area contributed by atoms with Crippen molar-refractivity contribution in [3.05, 3.63) is 82.9 Å². The maximum absolute atomic E-state index is 13.5. The maximum Gasteiger partial charge on any atom is 0.325 e. The molecule has 36 heavy (non-hydrogen) atoms. The van der Waals surface area contributed by atoms with Crippen LogP contribution in [0.4, 0.5) is 14.9 Å². The van der Waals surface area contributed by atoms with E-state index in [0.717, 1.165) is 11.3 Å². The first-order chi connectivity index (χ1) is 17.4. The molecule has 0 fully saturated rings. The average molecular weight is 494 g/mol. The number of carbonyl (C=O) groups excluding carboxylic acids is 3. The number of benzene rings is 2. The second-order valence-electron chi connectivity index (χ2n) is 8.36. The van der Waals surface area contributed by atoms with Gasteiger partial charge in [-0.1, -0.05) is 18.2 Å². The lowest BCUT2D eigenvalue weighted by atomic mass is 10.0. The molecule has 1 N–H and O–H groups in total. The summed E-state index contributed by atoms with van der Waals surface area (Å²) in [5.41, 5.74) is 3.54. The van der Waals surface area contributed by atoms with Gasteiger partial charge in [0.25, 0.3) is 5.91 Å². The van der Waals surface area contributed by atoms with Crippen molar-refractivity contribution in [3.63, 3.8) is 0 Å². The number of rotatable bonds is 7. The minimum Gasteiger partial charge on any atom is -0.465 e. The van der Waals surface area contributed by atoms with Gasteiger partial charge in [-0.15, -0.1) is 0 Å². The lowest BCUT2D eigenvalue weighted by molar-refractivity contribution is -0.141. The third-order valence-corrected chi connectivity index (χ3v) is 6.01. The Labute approximate surface area is 208 Å². The number of carbonyl (C=O) groups is 3. The minimum absolute atomic E-state index is 0.168. The van der Waals surface area contributed by atoms with Gasteiger partial charge >= 0.3 is 12.0 Å². The zero-order valence-electron chi connectivity index (χ0n) is 20.2. The number of anilines is 1. The van der Waals surface area contributed by atoms with Crippen LogP contribution in [-0.4, -0.2) is 52.3 Å². The molecule has 0 saturated carbocycles. The van der Waals surface area contributed by atoms with Gasteiger partial charge in [0.2, 0.25) is 0 Å². The van der Waals surface area contributed by atoms with Gasteiger partial charge in [0.05, 0.1) is 25.4 Å². The number of halogens is 1. The van der Waals surface area contributed by atoms with Crippen molar-refractivity contribution in [2.45, 2.75) is 26.4 Å². The second-order valence-corrected chi connectivity index (χ2v) is 8.36. The van der Waals surface area contributed by atoms with E-state index < -0.39 is 11.8 Å². The predicted molar refractivity (Wildman–Crippen MR) is 131 cm³/mol. The third kappa shape index (κ3) is 5.54. The van der Waals surface area contributed by atoms with E-state index in [1.165, 1.54) is 24.3 Å². The van der Waals surface area contributed by atoms with Crippen molar-refractivity contribution in [1.29, 1.82) is 0 Å². The van der Waals surface area contributed by atoms with E-state index in [9.17, 15) is 18.8 Å². The number of para-hydroxylation sites is 1. The van der Waals surface area contributed by atoms with Crippen LogP contribution in [-0.2, 0) is 36.1 Å². The number of aromatic nitrogens is 2. The van der Waals surface area contributed by atoms with Crippen molar-refractivity contribution in [2.75, 3.05) is 24.6 Å². The average Bonchev–Trinajstić information content (AvgIpc) is 3.21. The molecule has 0 atom stereocenters. The smallest absolute Gasteiger partial charge is 0.325 e. The number of hydrogen-bond acceptors (Lipinski definition) is 5. The number of nitrogens with one attached hydrogen (secondary N) is 1. The Morgan fingerprint density at radius 2 is 1.83 bits per heavy atom. The molecule has 3 amide bonds. The predicted octanol–water partition coefficient (Wildman–Crippen LogP) is 3.04. The van der Waals surface area contributed by atoms with Crippen LogP contribution in [0.1, 0.15) is 34.2 Å². The number of aryl methyl sites for hydroxylation is 1. The molecule has 0 aliphatic carbocycles. The normalized spacial score (nSPS) is 12.6. The first-order valence-corrected chi connectivity index (χ1v) is 11.7. The van der Waals surface area contributed by atoms with Gasteiger partial charge in [-0.25, -0.2) is 9.18 Å². The molecule has 1 aliphatic rings. The van der Waals surface area contributed by atoms with Crippen LogP contribution in [0, 0.1) is 5.82 Å². The fourth-order valence-corrected chi connectivity index (χ4v) is 4.23. The number of fused-ring (bicyclic) bond motifs is 1. The molecule has 2 aromatic carbocycles. The topological polar surface area (TPSA) is 96.8 Å². The summed E-state index contributed by atoms with van der Waals surface area (Å²) in [7, 11) is 1.84. The van der Waals surface area contributed by atoms with Gasteiger partial charge in [-0.3, -0.25) is 14.3 Å². The van der Waals surface area contributed by atoms with Gasteiger partial charge < -0.3 is 19.9 Å². The molecule has 3 aromatic rings. The van der Waals surface area contributed by atoms with Crippen molar-refractivity contribution >= 4 is 23.6 Å². The lowest BCUT2D eigenvalue weighted by Gasteiger charge is -2.28. The minimum atomic E-state index is -0.497. The summed E-state index contributed by atoms with van der Waals surface area (Å²) in [6.07, 6.45) is 0.586. The van der Waals surface area contributed by atoms with Crippen molar-refractivity contribution in [2.24, 2.45) is 7.05 Å². The fourth-order valence-electron chi connectivity index (χ4n) is 4.23. The summed E-state index contributed by atoms with van der Waals surface area (Å²) in [6, 6.07) is 14.2. The van der Waals surface area contributed by atoms with Crippen molar-refractivity contribution < 1.29 is 23.5 Å². The highest BCUT2D eigenvalue weighted by atomic mass is 19.1. The van der Waals surface area contributed by atoms with Crippen LogP contribution in [0.3, 0.4) is 0 Å². The Hall–Kier alpha value is -4.21. The molecule has 1 aliphatic heterocycles. The molecule has 0 unspecified atom stereocenters. The fraction of sp³-hybridized carbons (Fsp3) is 0.308. The van der Waals surface area contributed by atoms with E-state index in [4.69, 9.17) is 4.74 Å². The van der Waals surface area contributed by atoms with Crippen molar-refractivity contribution in [1.82, 2.24) is 20.0 Å². The molecule has 0 radical (unpaired) electrons. The molecule has 2 heterocycles. The summed E-state index contributed by atoms with van der Waals surface area (Å²) in [6.45, 7) is 2.67. The van der Waals surface area contributed by atoms with E-state index in [2.05, 4.69) is 10.4 Å². The Morgan fingerprint density at radius 3 is 2.53 bits per heavy atom. The molecule has 10 heteroatoms. The first kappa shape index (κ1) is 24.9. The Balaban J connectivity index is 1.57. The van der Waals surface area contributed by atoms with Gasteiger partial charge in [-0.2, -0.15) is 5.10 Å². The SMILES string of the molecule is CCOC(=O)CNC(=O)N1CCc2c(c(CN(C(=O)c3ccc(F)cc3)c3ccccc3)nn2C)C1. The zero-order valence-corrected chi connectivity index (χ0v) is 20.2. The van der Waals surface area contributed by atoms with Crippen molar-refractivity contribution in [3.8, 4) is 0 Å². The molecule has 0 saturated heterocycles.